The van der Waals surface area contributed by atoms with Crippen molar-refractivity contribution in [1.29, 1.82) is 0 Å². The fourth-order valence-corrected chi connectivity index (χ4v) is 6.01. The van der Waals surface area contributed by atoms with Crippen molar-refractivity contribution in [2.75, 3.05) is 24.5 Å². The summed E-state index contributed by atoms with van der Waals surface area (Å²) in [4.78, 5) is 18.1. The average Bonchev–Trinajstić information content (AvgIpc) is 3.38. The number of halogens is 1. The van der Waals surface area contributed by atoms with E-state index in [0.717, 1.165) is 41.6 Å². The average molecular weight is 662 g/mol. The minimum absolute atomic E-state index is 0. The molecule has 0 atom stereocenters. The minimum Gasteiger partial charge on any atom is -0.493 e. The van der Waals surface area contributed by atoms with E-state index >= 15 is 0 Å². The molecule has 1 aliphatic heterocycles. The van der Waals surface area contributed by atoms with Crippen LogP contribution in [0.1, 0.15) is 109 Å². The van der Waals surface area contributed by atoms with Gasteiger partial charge in [-0.05, 0) is 53.6 Å². The number of methoxy groups -OCH3 is 1. The number of ether oxygens (including phenoxy) is 2. The summed E-state index contributed by atoms with van der Waals surface area (Å²) in [7, 11) is 1.67. The number of allylic oxidation sites excluding steroid dienone is 1. The molecule has 42 heavy (non-hydrogen) atoms. The van der Waals surface area contributed by atoms with Crippen molar-refractivity contribution in [2.45, 2.75) is 111 Å². The maximum atomic E-state index is 12.6. The van der Waals surface area contributed by atoms with Gasteiger partial charge in [-0.2, -0.15) is 0 Å². The summed E-state index contributed by atoms with van der Waals surface area (Å²) in [6, 6.07) is 14.3. The highest BCUT2D eigenvalue weighted by Gasteiger charge is 2.15. The zero-order valence-electron chi connectivity index (χ0n) is 26.4. The van der Waals surface area contributed by atoms with E-state index in [4.69, 9.17) is 9.47 Å². The Morgan fingerprint density at radius 3 is 2.00 bits per heavy atom. The summed E-state index contributed by atoms with van der Waals surface area (Å²) < 4.78 is 11.7. The first-order valence-electron chi connectivity index (χ1n) is 15.7. The number of hydrogen-bond acceptors (Lipinski definition) is 5. The molecule has 234 valence electrons. The number of hydrogen-bond donors (Lipinski definition) is 0. The summed E-state index contributed by atoms with van der Waals surface area (Å²) >= 11 is 1.87. The second-order valence-electron chi connectivity index (χ2n) is 11.3. The van der Waals surface area contributed by atoms with E-state index < -0.39 is 0 Å². The van der Waals surface area contributed by atoms with E-state index in [1.54, 1.807) is 14.0 Å². The molecule has 0 bridgehead atoms. The van der Waals surface area contributed by atoms with Crippen LogP contribution in [0.15, 0.2) is 53.6 Å². The van der Waals surface area contributed by atoms with E-state index in [9.17, 15) is 4.79 Å². The van der Waals surface area contributed by atoms with Gasteiger partial charge < -0.3 is 19.3 Å². The monoisotopic (exact) mass is 660 g/mol. The number of carbonyl (C=O) groups is 1. The molecule has 1 aliphatic rings. The van der Waals surface area contributed by atoms with Crippen molar-refractivity contribution in [3.05, 3.63) is 64.7 Å². The first-order valence-corrected chi connectivity index (χ1v) is 16.7. The lowest BCUT2D eigenvalue weighted by molar-refractivity contribution is -0.116. The van der Waals surface area contributed by atoms with Gasteiger partial charge in [0.05, 0.1) is 26.1 Å². The van der Waals surface area contributed by atoms with E-state index in [1.807, 2.05) is 47.0 Å². The van der Waals surface area contributed by atoms with Crippen LogP contribution in [0.4, 0.5) is 5.69 Å². The molecule has 2 aromatic carbocycles. The number of thioether (sulfide) groups is 1. The topological polar surface area (TPSA) is 42.0 Å². The van der Waals surface area contributed by atoms with Crippen LogP contribution in [0, 0.1) is 0 Å². The molecule has 1 amide bonds. The fraction of sp³-hybridized carbons (Fsp3) is 0.571. The summed E-state index contributed by atoms with van der Waals surface area (Å²) in [6.45, 7) is 8.09. The van der Waals surface area contributed by atoms with E-state index in [-0.39, 0.29) is 22.9 Å². The number of benzene rings is 2. The van der Waals surface area contributed by atoms with Gasteiger partial charge in [0, 0.05) is 25.4 Å². The third-order valence-electron chi connectivity index (χ3n) is 7.66. The molecular formula is C35H53BrN2O3S. The highest BCUT2D eigenvalue weighted by molar-refractivity contribution is 8.93. The molecule has 0 radical (unpaired) electrons. The maximum Gasteiger partial charge on any atom is 0.224 e. The largest absolute Gasteiger partial charge is 0.493 e. The standard InChI is InChI=1S/C35H52N2O3S.BrH/c1-5-6-7-8-9-10-11-12-13-14-15-16-23-40-35-24-32(19-22-34(35)39-4)27-37(30(3)38)33-20-17-31(18-21-33)26-36-25-29(2)41-28-36;/h17-22,24-25H,5-16,23,26-28H2,1-4H3;1H. The summed E-state index contributed by atoms with van der Waals surface area (Å²) in [5, 5.41) is 0. The SMILES string of the molecule is Br.CCCCCCCCCCCCCCOc1cc(CN(C(C)=O)c2ccc(CN3C=C(C)SC3)cc2)ccc1OC. The van der Waals surface area contributed by atoms with Gasteiger partial charge in [0.2, 0.25) is 5.91 Å². The van der Waals surface area contributed by atoms with Gasteiger partial charge >= 0.3 is 0 Å². The van der Waals surface area contributed by atoms with Crippen LogP contribution in [0.2, 0.25) is 0 Å². The number of amides is 1. The number of carbonyl (C=O) groups excluding carboxylic acids is 1. The molecule has 0 aromatic heterocycles. The van der Waals surface area contributed by atoms with Crippen molar-refractivity contribution < 1.29 is 14.3 Å². The second-order valence-corrected chi connectivity index (χ2v) is 12.4. The first-order chi connectivity index (χ1) is 20.0. The van der Waals surface area contributed by atoms with Gasteiger partial charge in [0.1, 0.15) is 0 Å². The second kappa shape index (κ2) is 20.7. The predicted octanol–water partition coefficient (Wildman–Crippen LogP) is 10.3. The van der Waals surface area contributed by atoms with Crippen LogP contribution in [-0.4, -0.2) is 30.4 Å². The van der Waals surface area contributed by atoms with Gasteiger partial charge in [-0.1, -0.05) is 95.8 Å². The summed E-state index contributed by atoms with van der Waals surface area (Å²) in [5.41, 5.74) is 3.16. The molecule has 2 aromatic rings. The lowest BCUT2D eigenvalue weighted by atomic mass is 10.1. The Morgan fingerprint density at radius 1 is 0.857 bits per heavy atom. The van der Waals surface area contributed by atoms with Crippen molar-refractivity contribution in [3.8, 4) is 11.5 Å². The zero-order valence-corrected chi connectivity index (χ0v) is 28.9. The van der Waals surface area contributed by atoms with Crippen molar-refractivity contribution in [1.82, 2.24) is 4.90 Å². The number of unbranched alkanes of at least 4 members (excludes halogenated alkanes) is 11. The molecule has 3 rings (SSSR count). The van der Waals surface area contributed by atoms with Crippen LogP contribution >= 0.6 is 28.7 Å². The molecule has 0 saturated carbocycles. The Morgan fingerprint density at radius 2 is 1.45 bits per heavy atom. The lowest BCUT2D eigenvalue weighted by Crippen LogP contribution is -2.27. The van der Waals surface area contributed by atoms with Crippen LogP contribution < -0.4 is 14.4 Å². The van der Waals surface area contributed by atoms with Gasteiger partial charge in [0.25, 0.3) is 0 Å². The molecular weight excluding hydrogens is 608 g/mol. The maximum absolute atomic E-state index is 12.6. The quantitative estimate of drug-likeness (QED) is 0.132. The lowest BCUT2D eigenvalue weighted by Gasteiger charge is -2.23. The number of rotatable bonds is 20. The number of anilines is 1. The third kappa shape index (κ3) is 13.0. The van der Waals surface area contributed by atoms with Crippen molar-refractivity contribution in [2.24, 2.45) is 0 Å². The molecule has 7 heteroatoms. The summed E-state index contributed by atoms with van der Waals surface area (Å²) in [6.07, 6.45) is 18.1. The van der Waals surface area contributed by atoms with Crippen LogP contribution in [0.5, 0.6) is 11.5 Å². The fourth-order valence-electron chi connectivity index (χ4n) is 5.25. The molecule has 0 aliphatic carbocycles. The smallest absolute Gasteiger partial charge is 0.224 e. The van der Waals surface area contributed by atoms with E-state index in [2.05, 4.69) is 37.1 Å². The Bertz CT molecular complexity index is 1080. The zero-order chi connectivity index (χ0) is 29.3. The Labute approximate surface area is 270 Å². The minimum atomic E-state index is 0. The molecule has 1 heterocycles. The van der Waals surface area contributed by atoms with Gasteiger partial charge in [0.15, 0.2) is 11.5 Å². The molecule has 0 saturated heterocycles. The van der Waals surface area contributed by atoms with Crippen molar-refractivity contribution >= 4 is 40.3 Å². The predicted molar refractivity (Wildman–Crippen MR) is 185 cm³/mol. The molecule has 0 fully saturated rings. The van der Waals surface area contributed by atoms with Crippen LogP contribution in [0.25, 0.3) is 0 Å². The first kappa shape index (κ1) is 36.1. The molecule has 0 N–H and O–H groups in total. The van der Waals surface area contributed by atoms with Crippen molar-refractivity contribution in [3.63, 3.8) is 0 Å². The van der Waals surface area contributed by atoms with Gasteiger partial charge in [-0.25, -0.2) is 0 Å². The normalized spacial score (nSPS) is 12.6. The molecule has 0 spiro atoms. The Hall–Kier alpha value is -2.12. The number of nitrogens with zero attached hydrogens (tertiary/aromatic N) is 2. The van der Waals surface area contributed by atoms with E-state index in [1.165, 1.54) is 81.1 Å². The summed E-state index contributed by atoms with van der Waals surface area (Å²) in [5.74, 6) is 2.49. The van der Waals surface area contributed by atoms with E-state index in [0.29, 0.717) is 13.2 Å². The van der Waals surface area contributed by atoms with Crippen LogP contribution in [-0.2, 0) is 17.9 Å². The van der Waals surface area contributed by atoms with Gasteiger partial charge in [-0.15, -0.1) is 28.7 Å². The third-order valence-corrected chi connectivity index (χ3v) is 8.68. The Kier molecular flexibility index (Phi) is 17.8. The molecule has 5 nitrogen and oxygen atoms in total. The van der Waals surface area contributed by atoms with Crippen LogP contribution in [0.3, 0.4) is 0 Å². The molecule has 0 unspecified atom stereocenters. The highest BCUT2D eigenvalue weighted by Crippen LogP contribution is 2.30. The highest BCUT2D eigenvalue weighted by atomic mass is 79.9. The Balaban J connectivity index is 0.00000616. The van der Waals surface area contributed by atoms with Gasteiger partial charge in [-0.3, -0.25) is 4.79 Å².